The lowest BCUT2D eigenvalue weighted by molar-refractivity contribution is 0.476. The lowest BCUT2D eigenvalue weighted by Crippen LogP contribution is -2.61. The normalized spacial score (nSPS) is 14.5. The number of fused-ring (bicyclic) bond motifs is 26. The van der Waals surface area contributed by atoms with Crippen LogP contribution in [0, 0.1) is 0 Å². The van der Waals surface area contributed by atoms with Gasteiger partial charge in [0.25, 0.3) is 0 Å². The van der Waals surface area contributed by atoms with E-state index in [0.29, 0.717) is 0 Å². The fourth-order valence-electron chi connectivity index (χ4n) is 25.2. The van der Waals surface area contributed by atoms with Gasteiger partial charge in [-0.05, 0) is 292 Å². The number of para-hydroxylation sites is 10. The Balaban J connectivity index is 0.000000143. The van der Waals surface area contributed by atoms with Gasteiger partial charge in [0, 0.05) is 60.8 Å². The van der Waals surface area contributed by atoms with Crippen molar-refractivity contribution in [2.75, 3.05) is 19.6 Å². The molecule has 4 aliphatic heterocycles. The first kappa shape index (κ1) is 80.0. The van der Waals surface area contributed by atoms with E-state index in [1.807, 2.05) is 0 Å². The molecule has 5 heterocycles. The van der Waals surface area contributed by atoms with Crippen molar-refractivity contribution in [2.24, 2.45) is 0 Å². The number of ether oxygens (including phenoxy) is 2. The molecule has 8 heteroatoms. The number of anilines is 12. The minimum absolute atomic E-state index is 0.157. The summed E-state index contributed by atoms with van der Waals surface area (Å²) in [6.45, 7) is 23.7. The molecule has 0 unspecified atom stereocenters. The van der Waals surface area contributed by atoms with E-state index in [9.17, 15) is 0 Å². The van der Waals surface area contributed by atoms with Gasteiger partial charge in [-0.2, -0.15) is 0 Å². The number of hydrogen-bond acceptors (Lipinski definition) is 6. The maximum Gasteiger partial charge on any atom is 0.152 e. The second-order valence-corrected chi connectivity index (χ2v) is 44.5. The summed E-state index contributed by atoms with van der Waals surface area (Å²) in [5.74, 6) is 4.00. The van der Waals surface area contributed by atoms with Crippen molar-refractivity contribution in [1.29, 1.82) is 0 Å². The Hall–Kier alpha value is -15.7. The van der Waals surface area contributed by atoms with Gasteiger partial charge in [0.15, 0.2) is 23.0 Å². The number of rotatable bonds is 9. The lowest BCUT2D eigenvalue weighted by Gasteiger charge is -2.44. The zero-order valence-electron chi connectivity index (χ0n) is 78.0. The minimum Gasteiger partial charge on any atom is -0.453 e. The summed E-state index contributed by atoms with van der Waals surface area (Å²) in [5, 5.41) is 28.6. The van der Waals surface area contributed by atoms with Gasteiger partial charge in [0.05, 0.1) is 56.5 Å². The summed E-state index contributed by atoms with van der Waals surface area (Å²) in [6.07, 6.45) is 0. The molecule has 23 aromatic rings. The first-order chi connectivity index (χ1) is 66.5. The van der Waals surface area contributed by atoms with Crippen LogP contribution in [0.5, 0.6) is 23.0 Å². The Morgan fingerprint density at radius 1 is 0.243 bits per heavy atom. The third-order valence-corrected chi connectivity index (χ3v) is 36.9. The molecule has 0 radical (unpaired) electrons. The van der Waals surface area contributed by atoms with Crippen LogP contribution in [0.25, 0.3) is 136 Å². The van der Waals surface area contributed by atoms with Crippen molar-refractivity contribution < 1.29 is 9.47 Å². The molecule has 0 atom stereocenters. The molecule has 136 heavy (non-hydrogen) atoms. The van der Waals surface area contributed by atoms with Crippen LogP contribution in [0.3, 0.4) is 0 Å². The van der Waals surface area contributed by atoms with Crippen molar-refractivity contribution in [3.63, 3.8) is 0 Å². The summed E-state index contributed by atoms with van der Waals surface area (Å²) < 4.78 is 15.9. The van der Waals surface area contributed by atoms with E-state index >= 15 is 0 Å². The number of nitrogens with zero attached hydrogens (tertiary/aromatic N) is 5. The molecule has 22 aromatic carbocycles. The van der Waals surface area contributed by atoms with Crippen LogP contribution in [0.4, 0.5) is 68.2 Å². The Bertz CT molecular complexity index is 8970. The largest absolute Gasteiger partial charge is 0.453 e. The SMILES string of the molecule is CC(C)c1cc2ccc(N3c4ccccc4Oc4cc5c(cc43)C(C)(C)c3ccccc3-5)c3c(C(C)C)cc4ccc(N5c6ccccc6Oc6ccccc65)c1c4c23.CC[Si]1(CC)c2ccccc2N(c2ccc3c4ccc(N5c6ccccc6C(C)(C)c6cc7c8cc9c%10ccccc%10c%10ccccc%10c9cc8n(-c8ccccc8)c7cc65)cc4c4ccccc4c3c2)c2ccccc21. The molecular formula is C128H99N5O2Si. The number of hydrogen-bond donors (Lipinski definition) is 0. The third kappa shape index (κ3) is 11.2. The zero-order chi connectivity index (χ0) is 91.2. The Morgan fingerprint density at radius 2 is 0.640 bits per heavy atom. The quantitative estimate of drug-likeness (QED) is 0.106. The summed E-state index contributed by atoms with van der Waals surface area (Å²) in [6, 6.07) is 146. The highest BCUT2D eigenvalue weighted by atomic mass is 28.3. The Labute approximate surface area is 792 Å². The van der Waals surface area contributed by atoms with Gasteiger partial charge in [-0.3, -0.25) is 0 Å². The van der Waals surface area contributed by atoms with E-state index in [1.165, 1.54) is 209 Å². The second kappa shape index (κ2) is 29.6. The van der Waals surface area contributed by atoms with E-state index < -0.39 is 8.07 Å². The number of aromatic nitrogens is 1. The van der Waals surface area contributed by atoms with Crippen LogP contribution >= 0.6 is 0 Å². The van der Waals surface area contributed by atoms with E-state index in [-0.39, 0.29) is 22.7 Å². The molecule has 0 spiro atoms. The predicted molar refractivity (Wildman–Crippen MR) is 579 cm³/mol. The molecule has 0 saturated carbocycles. The molecule has 1 aliphatic carbocycles. The van der Waals surface area contributed by atoms with E-state index in [4.69, 9.17) is 9.47 Å². The molecule has 0 saturated heterocycles. The smallest absolute Gasteiger partial charge is 0.152 e. The van der Waals surface area contributed by atoms with Gasteiger partial charge < -0.3 is 33.6 Å². The van der Waals surface area contributed by atoms with Gasteiger partial charge in [-0.25, -0.2) is 0 Å². The molecule has 0 bridgehead atoms. The van der Waals surface area contributed by atoms with Crippen molar-refractivity contribution in [3.05, 3.63) is 416 Å². The predicted octanol–water partition coefficient (Wildman–Crippen LogP) is 35.5. The summed E-state index contributed by atoms with van der Waals surface area (Å²) in [5.41, 5.74) is 27.6. The monoisotopic (exact) mass is 1770 g/mol. The van der Waals surface area contributed by atoms with Crippen molar-refractivity contribution in [1.82, 2.24) is 4.57 Å². The van der Waals surface area contributed by atoms with Crippen LogP contribution in [0.2, 0.25) is 12.1 Å². The third-order valence-electron chi connectivity index (χ3n) is 31.6. The van der Waals surface area contributed by atoms with Crippen LogP contribution in [0.1, 0.15) is 114 Å². The maximum atomic E-state index is 6.87. The molecule has 5 aliphatic rings. The molecule has 0 N–H and O–H groups in total. The van der Waals surface area contributed by atoms with Gasteiger partial charge >= 0.3 is 0 Å². The average molecular weight is 1770 g/mol. The standard InChI is InChI=1S/C73H55N3Si.C55H44N2O2/c1-5-77(6-2)71-34-20-18-32-66(71)76(67-33-19-21-35-72(67)77)48-37-39-56-55-38-36-47(40-57(55)53-28-14-15-29-54(53)58(56)41-48)75-65-31-17-16-30-63(65)73(3,4)64-43-62-61-42-59-51-26-12-10-24-49(51)50-25-11-13-27-52(50)60(59)44-68(61)74(69(62)45-70(64)75)46-22-8-7-9-23-46;1-31(2)36-27-34-24-26-45(57-43-19-11-14-22-49(43)59-50-29-38-35-15-7-8-16-39(35)55(5,6)40(38)30-46(50)57)54-37(32(3)4)28-33-23-25-44(53(36)51(33)52(34)54)56-41-17-9-12-20-47(41)58-48-21-13-10-18-42(48)56/h7-45H,5-6H2,1-4H3;7-32H,1-6H3. The highest BCUT2D eigenvalue weighted by Crippen LogP contribution is 2.63. The summed E-state index contributed by atoms with van der Waals surface area (Å²) >= 11 is 0. The first-order valence-corrected chi connectivity index (χ1v) is 50.9. The topological polar surface area (TPSA) is 36.4 Å². The molecular weight excluding hydrogens is 1670 g/mol. The van der Waals surface area contributed by atoms with Crippen LogP contribution < -0.4 is 39.4 Å². The number of benzene rings is 22. The Morgan fingerprint density at radius 3 is 1.16 bits per heavy atom. The summed E-state index contributed by atoms with van der Waals surface area (Å²) in [4.78, 5) is 10.0. The van der Waals surface area contributed by atoms with Gasteiger partial charge in [-0.15, -0.1) is 0 Å². The van der Waals surface area contributed by atoms with Crippen LogP contribution in [0.15, 0.2) is 382 Å². The molecule has 652 valence electrons. The van der Waals surface area contributed by atoms with Gasteiger partial charge in [0.2, 0.25) is 0 Å². The van der Waals surface area contributed by atoms with E-state index in [2.05, 4.69) is 476 Å². The molecule has 7 nitrogen and oxygen atoms in total. The second-order valence-electron chi connectivity index (χ2n) is 39.9. The van der Waals surface area contributed by atoms with E-state index in [0.717, 1.165) is 62.8 Å². The van der Waals surface area contributed by atoms with E-state index in [1.54, 1.807) is 10.4 Å². The fraction of sp³-hybridized carbons (Fsp3) is 0.125. The molecule has 1 aromatic heterocycles. The molecule has 28 rings (SSSR count). The van der Waals surface area contributed by atoms with Crippen molar-refractivity contribution in [3.8, 4) is 39.8 Å². The van der Waals surface area contributed by atoms with Gasteiger partial charge in [0.1, 0.15) is 8.07 Å². The fourth-order valence-corrected chi connectivity index (χ4v) is 29.7. The first-order valence-electron chi connectivity index (χ1n) is 48.5. The maximum absolute atomic E-state index is 6.87. The highest BCUT2D eigenvalue weighted by Gasteiger charge is 2.45. The lowest BCUT2D eigenvalue weighted by atomic mass is 9.73. The Kier molecular flexibility index (Phi) is 17.4. The van der Waals surface area contributed by atoms with Crippen LogP contribution in [-0.4, -0.2) is 12.6 Å². The summed E-state index contributed by atoms with van der Waals surface area (Å²) in [7, 11) is -1.97. The van der Waals surface area contributed by atoms with Crippen molar-refractivity contribution in [2.45, 2.75) is 104 Å². The minimum atomic E-state index is -1.97. The molecule has 0 fully saturated rings. The molecule has 0 amide bonds. The van der Waals surface area contributed by atoms with Crippen LogP contribution in [-0.2, 0) is 10.8 Å². The highest BCUT2D eigenvalue weighted by molar-refractivity contribution is 7.04. The zero-order valence-corrected chi connectivity index (χ0v) is 79.0. The average Bonchev–Trinajstić information content (AvgIpc) is 1.02. The van der Waals surface area contributed by atoms with Crippen molar-refractivity contribution >= 4 is 205 Å². The van der Waals surface area contributed by atoms with Gasteiger partial charge in [-0.1, -0.05) is 324 Å².